The second-order valence-corrected chi connectivity index (χ2v) is 7.59. The summed E-state index contributed by atoms with van der Waals surface area (Å²) in [6.07, 6.45) is 0. The molecule has 0 N–H and O–H groups in total. The Kier molecular flexibility index (Phi) is 5.78. The third kappa shape index (κ3) is 3.75. The first kappa shape index (κ1) is 17.9. The van der Waals surface area contributed by atoms with Crippen LogP contribution in [0.25, 0.3) is 0 Å². The van der Waals surface area contributed by atoms with Gasteiger partial charge in [0.25, 0.3) is 0 Å². The lowest BCUT2D eigenvalue weighted by Crippen LogP contribution is -2.34. The summed E-state index contributed by atoms with van der Waals surface area (Å²) in [6.45, 7) is 6.66. The molecule has 0 heterocycles. The van der Waals surface area contributed by atoms with Gasteiger partial charge in [0, 0.05) is 20.1 Å². The van der Waals surface area contributed by atoms with Crippen LogP contribution in [0.1, 0.15) is 16.7 Å². The topological polar surface area (TPSA) is 49.9 Å². The number of aryl methyl sites for hydroxylation is 1. The predicted molar refractivity (Wildman–Crippen MR) is 85.6 cm³/mol. The molecule has 1 aromatic carbocycles. The smallest absolute Gasteiger partial charge is 0.243 e. The second kappa shape index (κ2) is 6.77. The van der Waals surface area contributed by atoms with E-state index in [1.165, 1.54) is 4.31 Å². The standard InChI is InChI=1S/C15H26N2O3S/c1-11-10-14(20-7)12(2)13(3)15(11)21(18,19)17(6)9-8-16(4)5/h10H,8-9H2,1-7H3. The Balaban J connectivity index is 3.29. The molecule has 1 aromatic rings. The molecule has 5 nitrogen and oxygen atoms in total. The van der Waals surface area contributed by atoms with Gasteiger partial charge in [-0.25, -0.2) is 8.42 Å². The molecule has 21 heavy (non-hydrogen) atoms. The van der Waals surface area contributed by atoms with Gasteiger partial charge in [0.2, 0.25) is 10.0 Å². The van der Waals surface area contributed by atoms with Crippen LogP contribution < -0.4 is 4.74 Å². The Morgan fingerprint density at radius 2 is 1.62 bits per heavy atom. The van der Waals surface area contributed by atoms with Gasteiger partial charge in [0.15, 0.2) is 0 Å². The third-order valence-electron chi connectivity index (χ3n) is 3.73. The van der Waals surface area contributed by atoms with Crippen LogP contribution in [0.3, 0.4) is 0 Å². The lowest BCUT2D eigenvalue weighted by Gasteiger charge is -2.23. The molecule has 120 valence electrons. The lowest BCUT2D eigenvalue weighted by atomic mass is 10.1. The van der Waals surface area contributed by atoms with E-state index in [4.69, 9.17) is 4.74 Å². The minimum atomic E-state index is -3.49. The number of likely N-dealkylation sites (N-methyl/N-ethyl adjacent to an activating group) is 2. The SMILES string of the molecule is COc1cc(C)c(S(=O)(=O)N(C)CCN(C)C)c(C)c1C. The summed E-state index contributed by atoms with van der Waals surface area (Å²) in [4.78, 5) is 2.35. The van der Waals surface area contributed by atoms with Crippen molar-refractivity contribution in [1.82, 2.24) is 9.21 Å². The van der Waals surface area contributed by atoms with Crippen LogP contribution in [0, 0.1) is 20.8 Å². The number of ether oxygens (including phenoxy) is 1. The molecule has 0 aromatic heterocycles. The van der Waals surface area contributed by atoms with E-state index >= 15 is 0 Å². The summed E-state index contributed by atoms with van der Waals surface area (Å²) >= 11 is 0. The van der Waals surface area contributed by atoms with Crippen LogP contribution in [-0.4, -0.2) is 59.0 Å². The lowest BCUT2D eigenvalue weighted by molar-refractivity contribution is 0.358. The molecule has 0 unspecified atom stereocenters. The molecule has 6 heteroatoms. The molecule has 0 saturated heterocycles. The molecule has 0 fully saturated rings. The highest BCUT2D eigenvalue weighted by atomic mass is 32.2. The Hall–Kier alpha value is -1.11. The Labute approximate surface area is 128 Å². The van der Waals surface area contributed by atoms with Gasteiger partial charge in [-0.3, -0.25) is 0 Å². The fourth-order valence-electron chi connectivity index (χ4n) is 2.25. The molecule has 0 amide bonds. The molecule has 0 aliphatic rings. The minimum Gasteiger partial charge on any atom is -0.496 e. The van der Waals surface area contributed by atoms with E-state index in [1.54, 1.807) is 20.2 Å². The number of nitrogens with zero attached hydrogens (tertiary/aromatic N) is 2. The van der Waals surface area contributed by atoms with Crippen molar-refractivity contribution < 1.29 is 13.2 Å². The third-order valence-corrected chi connectivity index (χ3v) is 5.88. The van der Waals surface area contributed by atoms with E-state index in [-0.39, 0.29) is 0 Å². The maximum atomic E-state index is 12.8. The quantitative estimate of drug-likeness (QED) is 0.803. The summed E-state index contributed by atoms with van der Waals surface area (Å²) in [6, 6.07) is 1.79. The summed E-state index contributed by atoms with van der Waals surface area (Å²) < 4.78 is 32.3. The summed E-state index contributed by atoms with van der Waals surface area (Å²) in [7, 11) is 3.58. The number of sulfonamides is 1. The highest BCUT2D eigenvalue weighted by Crippen LogP contribution is 2.31. The normalized spacial score (nSPS) is 12.2. The van der Waals surface area contributed by atoms with E-state index in [1.807, 2.05) is 39.8 Å². The van der Waals surface area contributed by atoms with Crippen LogP contribution in [0.5, 0.6) is 5.75 Å². The molecule has 0 aliphatic carbocycles. The van der Waals surface area contributed by atoms with Crippen molar-refractivity contribution in [3.05, 3.63) is 22.8 Å². The zero-order valence-electron chi connectivity index (χ0n) is 14.0. The van der Waals surface area contributed by atoms with Gasteiger partial charge in [0.1, 0.15) is 5.75 Å². The van der Waals surface area contributed by atoms with Gasteiger partial charge in [0.05, 0.1) is 12.0 Å². The van der Waals surface area contributed by atoms with Crippen LogP contribution in [-0.2, 0) is 10.0 Å². The molecule has 0 bridgehead atoms. The monoisotopic (exact) mass is 314 g/mol. The highest BCUT2D eigenvalue weighted by molar-refractivity contribution is 7.89. The first-order valence-electron chi connectivity index (χ1n) is 6.88. The Morgan fingerprint density at radius 3 is 2.10 bits per heavy atom. The zero-order chi connectivity index (χ0) is 16.4. The first-order chi connectivity index (χ1) is 9.62. The number of rotatable bonds is 6. The summed E-state index contributed by atoms with van der Waals surface area (Å²) in [5.41, 5.74) is 2.33. The zero-order valence-corrected chi connectivity index (χ0v) is 14.8. The molecule has 0 saturated carbocycles. The summed E-state index contributed by atoms with van der Waals surface area (Å²) in [5.74, 6) is 0.722. The van der Waals surface area contributed by atoms with E-state index in [2.05, 4.69) is 0 Å². The van der Waals surface area contributed by atoms with Crippen molar-refractivity contribution in [2.45, 2.75) is 25.7 Å². The van der Waals surface area contributed by atoms with Crippen molar-refractivity contribution in [3.8, 4) is 5.75 Å². The van der Waals surface area contributed by atoms with Crippen LogP contribution in [0.15, 0.2) is 11.0 Å². The van der Waals surface area contributed by atoms with Crippen LogP contribution in [0.2, 0.25) is 0 Å². The maximum Gasteiger partial charge on any atom is 0.243 e. The van der Waals surface area contributed by atoms with Gasteiger partial charge >= 0.3 is 0 Å². The number of hydrogen-bond acceptors (Lipinski definition) is 4. The fourth-order valence-corrected chi connectivity index (χ4v) is 3.89. The van der Waals surface area contributed by atoms with Gasteiger partial charge in [-0.05, 0) is 57.6 Å². The predicted octanol–water partition coefficient (Wildman–Crippen LogP) is 1.80. The molecule has 0 aliphatic heterocycles. The van der Waals surface area contributed by atoms with E-state index < -0.39 is 10.0 Å². The highest BCUT2D eigenvalue weighted by Gasteiger charge is 2.26. The average Bonchev–Trinajstić information content (AvgIpc) is 2.39. The van der Waals surface area contributed by atoms with Crippen molar-refractivity contribution in [2.24, 2.45) is 0 Å². The average molecular weight is 314 g/mol. The van der Waals surface area contributed by atoms with Crippen molar-refractivity contribution in [1.29, 1.82) is 0 Å². The van der Waals surface area contributed by atoms with E-state index in [9.17, 15) is 8.42 Å². The largest absolute Gasteiger partial charge is 0.496 e. The summed E-state index contributed by atoms with van der Waals surface area (Å²) in [5, 5.41) is 0. The van der Waals surface area contributed by atoms with E-state index in [0.717, 1.165) is 16.9 Å². The molecule has 0 atom stereocenters. The Bertz CT molecular complexity index is 610. The number of methoxy groups -OCH3 is 1. The van der Waals surface area contributed by atoms with Crippen LogP contribution in [0.4, 0.5) is 0 Å². The Morgan fingerprint density at radius 1 is 1.05 bits per heavy atom. The van der Waals surface area contributed by atoms with Crippen molar-refractivity contribution >= 4 is 10.0 Å². The fraction of sp³-hybridized carbons (Fsp3) is 0.600. The maximum absolute atomic E-state index is 12.8. The van der Waals surface area contributed by atoms with Gasteiger partial charge in [-0.2, -0.15) is 4.31 Å². The molecule has 0 radical (unpaired) electrons. The van der Waals surface area contributed by atoms with Crippen LogP contribution >= 0.6 is 0 Å². The molecular formula is C15H26N2O3S. The van der Waals surface area contributed by atoms with E-state index in [0.29, 0.717) is 23.5 Å². The van der Waals surface area contributed by atoms with Crippen molar-refractivity contribution in [2.75, 3.05) is 41.3 Å². The molecular weight excluding hydrogens is 288 g/mol. The van der Waals surface area contributed by atoms with Gasteiger partial charge < -0.3 is 9.64 Å². The molecule has 0 spiro atoms. The van der Waals surface area contributed by atoms with Crippen molar-refractivity contribution in [3.63, 3.8) is 0 Å². The van der Waals surface area contributed by atoms with Gasteiger partial charge in [-0.15, -0.1) is 0 Å². The number of hydrogen-bond donors (Lipinski definition) is 0. The first-order valence-corrected chi connectivity index (χ1v) is 8.32. The molecule has 1 rings (SSSR count). The van der Waals surface area contributed by atoms with Gasteiger partial charge in [-0.1, -0.05) is 0 Å². The second-order valence-electron chi connectivity index (χ2n) is 5.60. The minimum absolute atomic E-state index is 0.391. The number of benzene rings is 1.